The van der Waals surface area contributed by atoms with E-state index in [0.29, 0.717) is 0 Å². The van der Waals surface area contributed by atoms with Gasteiger partial charge in [0, 0.05) is 20.6 Å². The summed E-state index contributed by atoms with van der Waals surface area (Å²) in [5, 5.41) is 9.57. The maximum atomic E-state index is 9.57. The van der Waals surface area contributed by atoms with Crippen molar-refractivity contribution in [3.05, 3.63) is 0 Å². The first-order chi connectivity index (χ1) is 5.25. The van der Waals surface area contributed by atoms with Crippen molar-refractivity contribution in [1.82, 2.24) is 0 Å². The number of hydrogen-bond acceptors (Lipinski definition) is 3. The standard InChI is InChI=1S/C8H16O3/c1-10-8(11-2)6-4-3-5-7(8)9/h7,9H,3-6H2,1-2H3. The average molecular weight is 160 g/mol. The van der Waals surface area contributed by atoms with Gasteiger partial charge >= 0.3 is 0 Å². The first-order valence-electron chi connectivity index (χ1n) is 4.03. The van der Waals surface area contributed by atoms with Crippen LogP contribution in [-0.2, 0) is 9.47 Å². The van der Waals surface area contributed by atoms with E-state index in [-0.39, 0.29) is 0 Å². The SMILES string of the molecule is COC1(OC)CCCCC1O. The van der Waals surface area contributed by atoms with E-state index in [1.807, 2.05) is 0 Å². The molecule has 11 heavy (non-hydrogen) atoms. The van der Waals surface area contributed by atoms with Gasteiger partial charge < -0.3 is 14.6 Å². The lowest BCUT2D eigenvalue weighted by Gasteiger charge is -2.38. The molecule has 0 amide bonds. The highest BCUT2D eigenvalue weighted by Crippen LogP contribution is 2.31. The van der Waals surface area contributed by atoms with Gasteiger partial charge in [0.25, 0.3) is 0 Å². The fourth-order valence-electron chi connectivity index (χ4n) is 1.66. The van der Waals surface area contributed by atoms with Gasteiger partial charge in [-0.3, -0.25) is 0 Å². The molecule has 0 aromatic carbocycles. The second-order valence-electron chi connectivity index (χ2n) is 2.98. The van der Waals surface area contributed by atoms with Gasteiger partial charge in [-0.1, -0.05) is 6.42 Å². The predicted molar refractivity (Wildman–Crippen MR) is 41.2 cm³/mol. The zero-order valence-electron chi connectivity index (χ0n) is 7.17. The van der Waals surface area contributed by atoms with Crippen LogP contribution in [0, 0.1) is 0 Å². The molecule has 0 bridgehead atoms. The third-order valence-electron chi connectivity index (χ3n) is 2.45. The van der Waals surface area contributed by atoms with E-state index in [4.69, 9.17) is 9.47 Å². The summed E-state index contributed by atoms with van der Waals surface area (Å²) in [4.78, 5) is 0. The second-order valence-corrected chi connectivity index (χ2v) is 2.98. The lowest BCUT2D eigenvalue weighted by atomic mass is 9.91. The maximum Gasteiger partial charge on any atom is 0.193 e. The molecule has 1 saturated carbocycles. The van der Waals surface area contributed by atoms with Crippen molar-refractivity contribution in [2.75, 3.05) is 14.2 Å². The third-order valence-corrected chi connectivity index (χ3v) is 2.45. The molecule has 1 aliphatic carbocycles. The van der Waals surface area contributed by atoms with Crippen LogP contribution in [-0.4, -0.2) is 31.2 Å². The summed E-state index contributed by atoms with van der Waals surface area (Å²) in [6, 6.07) is 0. The van der Waals surface area contributed by atoms with E-state index in [0.717, 1.165) is 25.7 Å². The Hall–Kier alpha value is -0.120. The lowest BCUT2D eigenvalue weighted by molar-refractivity contribution is -0.272. The van der Waals surface area contributed by atoms with Gasteiger partial charge in [-0.05, 0) is 12.8 Å². The van der Waals surface area contributed by atoms with Crippen molar-refractivity contribution in [3.63, 3.8) is 0 Å². The zero-order valence-corrected chi connectivity index (χ0v) is 7.17. The van der Waals surface area contributed by atoms with Gasteiger partial charge in [-0.2, -0.15) is 0 Å². The minimum absolute atomic E-state index is 0.466. The predicted octanol–water partition coefficient (Wildman–Crippen LogP) is 0.910. The van der Waals surface area contributed by atoms with E-state index in [2.05, 4.69) is 0 Å². The molecule has 1 atom stereocenters. The molecule has 0 aromatic heterocycles. The lowest BCUT2D eigenvalue weighted by Crippen LogP contribution is -2.48. The Morgan fingerprint density at radius 3 is 2.27 bits per heavy atom. The quantitative estimate of drug-likeness (QED) is 0.610. The Kier molecular flexibility index (Phi) is 2.87. The first kappa shape index (κ1) is 8.97. The molecule has 1 N–H and O–H groups in total. The first-order valence-corrected chi connectivity index (χ1v) is 4.03. The Morgan fingerprint density at radius 2 is 1.91 bits per heavy atom. The van der Waals surface area contributed by atoms with E-state index in [1.165, 1.54) is 0 Å². The summed E-state index contributed by atoms with van der Waals surface area (Å²) in [5.41, 5.74) is 0. The summed E-state index contributed by atoms with van der Waals surface area (Å²) >= 11 is 0. The number of aliphatic hydroxyl groups excluding tert-OH is 1. The number of methoxy groups -OCH3 is 2. The van der Waals surface area contributed by atoms with Gasteiger partial charge in [-0.25, -0.2) is 0 Å². The molecule has 3 nitrogen and oxygen atoms in total. The normalized spacial score (nSPS) is 30.3. The van der Waals surface area contributed by atoms with Crippen LogP contribution in [0.25, 0.3) is 0 Å². The molecule has 0 radical (unpaired) electrons. The van der Waals surface area contributed by atoms with Crippen LogP contribution in [0.2, 0.25) is 0 Å². The molecule has 1 unspecified atom stereocenters. The largest absolute Gasteiger partial charge is 0.388 e. The van der Waals surface area contributed by atoms with Gasteiger partial charge in [0.05, 0.1) is 0 Å². The molecule has 1 aliphatic rings. The maximum absolute atomic E-state index is 9.57. The van der Waals surface area contributed by atoms with Crippen LogP contribution in [0.1, 0.15) is 25.7 Å². The molecule has 66 valence electrons. The van der Waals surface area contributed by atoms with E-state index < -0.39 is 11.9 Å². The summed E-state index contributed by atoms with van der Waals surface area (Å²) in [7, 11) is 3.16. The average Bonchev–Trinajstić information content (AvgIpc) is 2.06. The minimum Gasteiger partial charge on any atom is -0.388 e. The van der Waals surface area contributed by atoms with Crippen LogP contribution in [0.5, 0.6) is 0 Å². The number of hydrogen-bond donors (Lipinski definition) is 1. The Bertz CT molecular complexity index is 121. The monoisotopic (exact) mass is 160 g/mol. The highest BCUT2D eigenvalue weighted by atomic mass is 16.7. The molecule has 0 aliphatic heterocycles. The fraction of sp³-hybridized carbons (Fsp3) is 1.00. The summed E-state index contributed by atoms with van der Waals surface area (Å²) in [6.45, 7) is 0. The second kappa shape index (κ2) is 3.52. The molecule has 1 rings (SSSR count). The number of rotatable bonds is 2. The molecule has 3 heteroatoms. The highest BCUT2D eigenvalue weighted by molar-refractivity contribution is 4.83. The Balaban J connectivity index is 2.61. The van der Waals surface area contributed by atoms with E-state index in [1.54, 1.807) is 14.2 Å². The minimum atomic E-state index is -0.724. The Morgan fingerprint density at radius 1 is 1.27 bits per heavy atom. The van der Waals surface area contributed by atoms with E-state index >= 15 is 0 Å². The van der Waals surface area contributed by atoms with Crippen molar-refractivity contribution >= 4 is 0 Å². The van der Waals surface area contributed by atoms with Gasteiger partial charge in [0.1, 0.15) is 6.10 Å². The Labute approximate surface area is 67.3 Å². The van der Waals surface area contributed by atoms with Crippen molar-refractivity contribution < 1.29 is 14.6 Å². The van der Waals surface area contributed by atoms with Crippen molar-refractivity contribution in [2.24, 2.45) is 0 Å². The summed E-state index contributed by atoms with van der Waals surface area (Å²) in [5.74, 6) is -0.724. The fourth-order valence-corrected chi connectivity index (χ4v) is 1.66. The van der Waals surface area contributed by atoms with Gasteiger partial charge in [-0.15, -0.1) is 0 Å². The van der Waals surface area contributed by atoms with Crippen LogP contribution < -0.4 is 0 Å². The smallest absolute Gasteiger partial charge is 0.193 e. The molecule has 0 aromatic rings. The van der Waals surface area contributed by atoms with Gasteiger partial charge in [0.15, 0.2) is 5.79 Å². The highest BCUT2D eigenvalue weighted by Gasteiger charge is 2.40. The van der Waals surface area contributed by atoms with Crippen LogP contribution >= 0.6 is 0 Å². The van der Waals surface area contributed by atoms with Crippen LogP contribution in [0.15, 0.2) is 0 Å². The summed E-state index contributed by atoms with van der Waals surface area (Å²) < 4.78 is 10.3. The van der Waals surface area contributed by atoms with Crippen LogP contribution in [0.3, 0.4) is 0 Å². The number of ether oxygens (including phenoxy) is 2. The van der Waals surface area contributed by atoms with E-state index in [9.17, 15) is 5.11 Å². The zero-order chi connectivity index (χ0) is 8.32. The summed E-state index contributed by atoms with van der Waals surface area (Å²) in [6.07, 6.45) is 3.24. The third kappa shape index (κ3) is 1.55. The van der Waals surface area contributed by atoms with Crippen molar-refractivity contribution in [2.45, 2.75) is 37.6 Å². The van der Waals surface area contributed by atoms with Crippen molar-refractivity contribution in [1.29, 1.82) is 0 Å². The van der Waals surface area contributed by atoms with Gasteiger partial charge in [0.2, 0.25) is 0 Å². The molecular formula is C8H16O3. The molecule has 0 spiro atoms. The topological polar surface area (TPSA) is 38.7 Å². The molecule has 0 saturated heterocycles. The van der Waals surface area contributed by atoms with Crippen LogP contribution in [0.4, 0.5) is 0 Å². The number of aliphatic hydroxyl groups is 1. The molecular weight excluding hydrogens is 144 g/mol. The molecule has 1 fully saturated rings. The molecule has 0 heterocycles. The van der Waals surface area contributed by atoms with Crippen molar-refractivity contribution in [3.8, 4) is 0 Å².